The van der Waals surface area contributed by atoms with Crippen molar-refractivity contribution in [3.63, 3.8) is 0 Å². The standard InChI is InChI=1S/C26H24N6O2S/c1-29(2)18-8-12-20(13-9-18)31-25(24(28-26(31)35)22-6-3-4-16-27-22)23-7-5-17-30(23)19-10-14-21(15-11-19)32(33)34/h3-17,24-25H,1-2H3,(H,28,35). The number of hydrogen-bond donors (Lipinski definition) is 1. The molecule has 0 aliphatic carbocycles. The molecular formula is C26H24N6O2S. The molecule has 0 spiro atoms. The Kier molecular flexibility index (Phi) is 5.92. The van der Waals surface area contributed by atoms with E-state index in [0.717, 1.165) is 28.5 Å². The van der Waals surface area contributed by atoms with Gasteiger partial charge < -0.3 is 19.7 Å². The highest BCUT2D eigenvalue weighted by molar-refractivity contribution is 7.80. The zero-order valence-electron chi connectivity index (χ0n) is 19.3. The molecule has 5 rings (SSSR count). The largest absolute Gasteiger partial charge is 0.378 e. The second kappa shape index (κ2) is 9.19. The molecular weight excluding hydrogens is 460 g/mol. The van der Waals surface area contributed by atoms with Gasteiger partial charge in [-0.2, -0.15) is 0 Å². The Hall–Kier alpha value is -4.24. The monoisotopic (exact) mass is 484 g/mol. The van der Waals surface area contributed by atoms with Crippen molar-refractivity contribution in [2.45, 2.75) is 12.1 Å². The minimum Gasteiger partial charge on any atom is -0.378 e. The van der Waals surface area contributed by atoms with Gasteiger partial charge in [0.25, 0.3) is 5.69 Å². The van der Waals surface area contributed by atoms with Crippen molar-refractivity contribution < 1.29 is 4.92 Å². The van der Waals surface area contributed by atoms with E-state index in [2.05, 4.69) is 50.4 Å². The van der Waals surface area contributed by atoms with Gasteiger partial charge in [-0.3, -0.25) is 15.1 Å². The average Bonchev–Trinajstić information content (AvgIpc) is 3.49. The normalized spacial score (nSPS) is 17.3. The molecule has 2 aromatic carbocycles. The predicted molar refractivity (Wildman–Crippen MR) is 141 cm³/mol. The van der Waals surface area contributed by atoms with Gasteiger partial charge in [0.2, 0.25) is 0 Å². The molecule has 1 aliphatic heterocycles. The summed E-state index contributed by atoms with van der Waals surface area (Å²) in [6.45, 7) is 0. The Morgan fingerprint density at radius 1 is 0.971 bits per heavy atom. The highest BCUT2D eigenvalue weighted by atomic mass is 32.1. The third-order valence-electron chi connectivity index (χ3n) is 6.16. The zero-order chi connectivity index (χ0) is 24.5. The van der Waals surface area contributed by atoms with E-state index >= 15 is 0 Å². The molecule has 3 heterocycles. The van der Waals surface area contributed by atoms with Gasteiger partial charge in [-0.05, 0) is 72.9 Å². The molecule has 35 heavy (non-hydrogen) atoms. The van der Waals surface area contributed by atoms with Crippen molar-refractivity contribution >= 4 is 34.4 Å². The second-order valence-corrected chi connectivity index (χ2v) is 8.87. The quantitative estimate of drug-likeness (QED) is 0.234. The molecule has 1 saturated heterocycles. The van der Waals surface area contributed by atoms with Crippen molar-refractivity contribution in [3.8, 4) is 5.69 Å². The molecule has 9 heteroatoms. The molecule has 2 aromatic heterocycles. The van der Waals surface area contributed by atoms with Crippen molar-refractivity contribution in [1.82, 2.24) is 14.9 Å². The number of rotatable bonds is 6. The maximum absolute atomic E-state index is 11.1. The minimum atomic E-state index is -0.393. The number of hydrogen-bond acceptors (Lipinski definition) is 5. The predicted octanol–water partition coefficient (Wildman–Crippen LogP) is 5.02. The third-order valence-corrected chi connectivity index (χ3v) is 6.48. The number of anilines is 2. The van der Waals surface area contributed by atoms with Gasteiger partial charge in [-0.1, -0.05) is 6.07 Å². The van der Waals surface area contributed by atoms with Crippen molar-refractivity contribution in [2.75, 3.05) is 23.9 Å². The number of non-ortho nitro benzene ring substituents is 1. The molecule has 0 bridgehead atoms. The topological polar surface area (TPSA) is 79.5 Å². The first-order valence-corrected chi connectivity index (χ1v) is 11.5. The molecule has 176 valence electrons. The first-order valence-electron chi connectivity index (χ1n) is 11.1. The summed E-state index contributed by atoms with van der Waals surface area (Å²) in [6, 6.07) is 24.3. The number of nitrogens with zero attached hydrogens (tertiary/aromatic N) is 5. The van der Waals surface area contributed by atoms with Crippen molar-refractivity contribution in [1.29, 1.82) is 0 Å². The van der Waals surface area contributed by atoms with Crippen LogP contribution >= 0.6 is 12.2 Å². The van der Waals surface area contributed by atoms with E-state index in [9.17, 15) is 10.1 Å². The maximum atomic E-state index is 11.1. The van der Waals surface area contributed by atoms with E-state index < -0.39 is 4.92 Å². The fourth-order valence-electron chi connectivity index (χ4n) is 4.45. The summed E-state index contributed by atoms with van der Waals surface area (Å²) in [5, 5.41) is 15.2. The number of benzene rings is 2. The van der Waals surface area contributed by atoms with Crippen LogP contribution in [0.5, 0.6) is 0 Å². The van der Waals surface area contributed by atoms with Crippen LogP contribution in [0.4, 0.5) is 17.1 Å². The van der Waals surface area contributed by atoms with Crippen LogP contribution in [-0.2, 0) is 0 Å². The summed E-state index contributed by atoms with van der Waals surface area (Å²) in [5.41, 5.74) is 4.81. The highest BCUT2D eigenvalue weighted by Gasteiger charge is 2.42. The first kappa shape index (κ1) is 22.5. The van der Waals surface area contributed by atoms with E-state index in [1.807, 2.05) is 49.1 Å². The number of pyridine rings is 1. The molecule has 2 atom stereocenters. The summed E-state index contributed by atoms with van der Waals surface area (Å²) in [6.07, 6.45) is 3.74. The van der Waals surface area contributed by atoms with Crippen molar-refractivity contribution in [3.05, 3.63) is 113 Å². The molecule has 8 nitrogen and oxygen atoms in total. The Labute approximate surface area is 208 Å². The number of nitro benzene ring substituents is 1. The summed E-state index contributed by atoms with van der Waals surface area (Å²) >= 11 is 5.83. The summed E-state index contributed by atoms with van der Waals surface area (Å²) in [5.74, 6) is 0. The van der Waals surface area contributed by atoms with Crippen LogP contribution in [0.25, 0.3) is 5.69 Å². The van der Waals surface area contributed by atoms with E-state index in [1.54, 1.807) is 18.3 Å². The highest BCUT2D eigenvalue weighted by Crippen LogP contribution is 2.42. The minimum absolute atomic E-state index is 0.0557. The van der Waals surface area contributed by atoms with E-state index in [-0.39, 0.29) is 17.8 Å². The number of thiocarbonyl (C=S) groups is 1. The zero-order valence-corrected chi connectivity index (χ0v) is 20.1. The lowest BCUT2D eigenvalue weighted by Gasteiger charge is -2.29. The molecule has 4 aromatic rings. The van der Waals surface area contributed by atoms with Gasteiger partial charge in [-0.15, -0.1) is 0 Å². The van der Waals surface area contributed by atoms with E-state index in [1.165, 1.54) is 12.1 Å². The molecule has 1 fully saturated rings. The summed E-state index contributed by atoms with van der Waals surface area (Å²) < 4.78 is 2.04. The lowest BCUT2D eigenvalue weighted by atomic mass is 10.0. The van der Waals surface area contributed by atoms with Crippen LogP contribution in [0.15, 0.2) is 91.3 Å². The molecule has 0 radical (unpaired) electrons. The number of nitro groups is 1. The Morgan fingerprint density at radius 2 is 1.69 bits per heavy atom. The van der Waals surface area contributed by atoms with Crippen LogP contribution in [-0.4, -0.2) is 33.7 Å². The molecule has 2 unspecified atom stereocenters. The molecule has 0 amide bonds. The van der Waals surface area contributed by atoms with Crippen LogP contribution < -0.4 is 15.1 Å². The molecule has 1 N–H and O–H groups in total. The van der Waals surface area contributed by atoms with Crippen LogP contribution in [0.3, 0.4) is 0 Å². The summed E-state index contributed by atoms with van der Waals surface area (Å²) in [7, 11) is 4.02. The van der Waals surface area contributed by atoms with Crippen LogP contribution in [0, 0.1) is 10.1 Å². The number of nitrogens with one attached hydrogen (secondary N) is 1. The number of aromatic nitrogens is 2. The lowest BCUT2D eigenvalue weighted by Crippen LogP contribution is -2.30. The molecule has 1 aliphatic rings. The van der Waals surface area contributed by atoms with Crippen LogP contribution in [0.1, 0.15) is 23.5 Å². The fourth-order valence-corrected chi connectivity index (χ4v) is 4.80. The Bertz CT molecular complexity index is 1350. The van der Waals surface area contributed by atoms with Gasteiger partial charge in [-0.25, -0.2) is 0 Å². The SMILES string of the molecule is CN(C)c1ccc(N2C(=S)NC(c3ccccn3)C2c2cccn2-c2ccc([N+](=O)[O-])cc2)cc1. The van der Waals surface area contributed by atoms with Gasteiger partial charge in [0.1, 0.15) is 6.04 Å². The maximum Gasteiger partial charge on any atom is 0.269 e. The summed E-state index contributed by atoms with van der Waals surface area (Å²) in [4.78, 5) is 19.5. The van der Waals surface area contributed by atoms with E-state index in [4.69, 9.17) is 12.2 Å². The van der Waals surface area contributed by atoms with Gasteiger partial charge in [0.05, 0.1) is 16.7 Å². The Balaban J connectivity index is 1.62. The third kappa shape index (κ3) is 4.22. The van der Waals surface area contributed by atoms with Crippen LogP contribution in [0.2, 0.25) is 0 Å². The molecule has 0 saturated carbocycles. The Morgan fingerprint density at radius 3 is 2.31 bits per heavy atom. The van der Waals surface area contributed by atoms with E-state index in [0.29, 0.717) is 5.11 Å². The van der Waals surface area contributed by atoms with Gasteiger partial charge in [0, 0.05) is 61.4 Å². The first-order chi connectivity index (χ1) is 16.9. The van der Waals surface area contributed by atoms with Crippen molar-refractivity contribution in [2.24, 2.45) is 0 Å². The lowest BCUT2D eigenvalue weighted by molar-refractivity contribution is -0.384. The smallest absolute Gasteiger partial charge is 0.269 e. The van der Waals surface area contributed by atoms with Gasteiger partial charge >= 0.3 is 0 Å². The second-order valence-electron chi connectivity index (χ2n) is 8.48. The van der Waals surface area contributed by atoms with Gasteiger partial charge in [0.15, 0.2) is 5.11 Å². The fraction of sp³-hybridized carbons (Fsp3) is 0.154. The average molecular weight is 485 g/mol.